The second-order valence-corrected chi connectivity index (χ2v) is 7.17. The van der Waals surface area contributed by atoms with Gasteiger partial charge in [0.25, 0.3) is 0 Å². The highest BCUT2D eigenvalue weighted by Gasteiger charge is 2.33. The molecule has 0 bridgehead atoms. The summed E-state index contributed by atoms with van der Waals surface area (Å²) in [7, 11) is 0. The summed E-state index contributed by atoms with van der Waals surface area (Å²) in [6.45, 7) is 6.83. The van der Waals surface area contributed by atoms with Crippen LogP contribution in [-0.2, 0) is 4.74 Å². The quantitative estimate of drug-likeness (QED) is 0.861. The summed E-state index contributed by atoms with van der Waals surface area (Å²) < 4.78 is 6.27. The summed E-state index contributed by atoms with van der Waals surface area (Å²) >= 11 is 9.53. The molecule has 20 heavy (non-hydrogen) atoms. The van der Waals surface area contributed by atoms with Crippen LogP contribution in [0.1, 0.15) is 20.8 Å². The van der Waals surface area contributed by atoms with Crippen molar-refractivity contribution in [3.8, 4) is 0 Å². The highest BCUT2D eigenvalue weighted by molar-refractivity contribution is 9.10. The molecule has 1 N–H and O–H groups in total. The summed E-state index contributed by atoms with van der Waals surface area (Å²) in [4.78, 5) is 13.5. The second kappa shape index (κ2) is 5.82. The van der Waals surface area contributed by atoms with E-state index >= 15 is 0 Å². The number of hydrogen-bond acceptors (Lipinski definition) is 3. The SMILES string of the molecule is CC(C)(C)OC(=O)N1CC(Nc2cc(Br)ccc2Cl)C1. The fourth-order valence-corrected chi connectivity index (χ4v) is 2.41. The first-order valence-electron chi connectivity index (χ1n) is 6.44. The highest BCUT2D eigenvalue weighted by Crippen LogP contribution is 2.28. The maximum absolute atomic E-state index is 11.8. The number of carbonyl (C=O) groups is 1. The molecule has 1 saturated heterocycles. The molecule has 0 atom stereocenters. The van der Waals surface area contributed by atoms with Crippen LogP contribution in [0.25, 0.3) is 0 Å². The van der Waals surface area contributed by atoms with E-state index in [9.17, 15) is 4.79 Å². The van der Waals surface area contributed by atoms with Gasteiger partial charge >= 0.3 is 6.09 Å². The van der Waals surface area contributed by atoms with E-state index in [1.54, 1.807) is 4.90 Å². The molecular weight excluding hydrogens is 344 g/mol. The molecule has 0 unspecified atom stereocenters. The van der Waals surface area contributed by atoms with Gasteiger partial charge in [-0.3, -0.25) is 0 Å². The first-order chi connectivity index (χ1) is 9.24. The highest BCUT2D eigenvalue weighted by atomic mass is 79.9. The van der Waals surface area contributed by atoms with Crippen LogP contribution in [0, 0.1) is 0 Å². The lowest BCUT2D eigenvalue weighted by Crippen LogP contribution is -2.57. The van der Waals surface area contributed by atoms with Crippen LogP contribution in [0.15, 0.2) is 22.7 Å². The molecule has 0 radical (unpaired) electrons. The molecule has 1 aliphatic heterocycles. The lowest BCUT2D eigenvalue weighted by molar-refractivity contribution is 0.0105. The standard InChI is InChI=1S/C14H18BrClN2O2/c1-14(2,3)20-13(19)18-7-10(8-18)17-12-6-9(15)4-5-11(12)16/h4-6,10,17H,7-8H2,1-3H3. The van der Waals surface area contributed by atoms with Gasteiger partial charge in [0.1, 0.15) is 5.60 Å². The van der Waals surface area contributed by atoms with Crippen LogP contribution in [0.4, 0.5) is 10.5 Å². The number of likely N-dealkylation sites (tertiary alicyclic amines) is 1. The molecule has 2 rings (SSSR count). The average molecular weight is 362 g/mol. The Balaban J connectivity index is 1.85. The van der Waals surface area contributed by atoms with Crippen LogP contribution in [0.5, 0.6) is 0 Å². The normalized spacial score (nSPS) is 15.8. The topological polar surface area (TPSA) is 41.6 Å². The number of hydrogen-bond donors (Lipinski definition) is 1. The Labute approximate surface area is 132 Å². The van der Waals surface area contributed by atoms with Gasteiger partial charge < -0.3 is 15.0 Å². The van der Waals surface area contributed by atoms with Crippen molar-refractivity contribution in [1.82, 2.24) is 4.90 Å². The van der Waals surface area contributed by atoms with E-state index in [-0.39, 0.29) is 12.1 Å². The first-order valence-corrected chi connectivity index (χ1v) is 7.61. The number of ether oxygens (including phenoxy) is 1. The van der Waals surface area contributed by atoms with Crippen LogP contribution in [0.2, 0.25) is 5.02 Å². The fourth-order valence-electron chi connectivity index (χ4n) is 1.87. The van der Waals surface area contributed by atoms with E-state index in [0.29, 0.717) is 18.1 Å². The molecule has 1 amide bonds. The van der Waals surface area contributed by atoms with Gasteiger partial charge in [-0.15, -0.1) is 0 Å². The summed E-state index contributed by atoms with van der Waals surface area (Å²) in [5.74, 6) is 0. The van der Waals surface area contributed by atoms with Gasteiger partial charge in [0.05, 0.1) is 16.8 Å². The molecule has 1 aromatic carbocycles. The van der Waals surface area contributed by atoms with E-state index < -0.39 is 5.60 Å². The van der Waals surface area contributed by atoms with Crippen LogP contribution in [0.3, 0.4) is 0 Å². The number of nitrogens with one attached hydrogen (secondary N) is 1. The van der Waals surface area contributed by atoms with Crippen molar-refractivity contribution < 1.29 is 9.53 Å². The van der Waals surface area contributed by atoms with Crippen molar-refractivity contribution in [2.75, 3.05) is 18.4 Å². The molecule has 4 nitrogen and oxygen atoms in total. The third-order valence-corrected chi connectivity index (χ3v) is 3.64. The van der Waals surface area contributed by atoms with E-state index in [1.165, 1.54) is 0 Å². The molecule has 1 aromatic rings. The fraction of sp³-hybridized carbons (Fsp3) is 0.500. The Morgan fingerprint density at radius 2 is 2.10 bits per heavy atom. The zero-order chi connectivity index (χ0) is 14.9. The van der Waals surface area contributed by atoms with E-state index in [4.69, 9.17) is 16.3 Å². The molecule has 1 fully saturated rings. The molecule has 0 spiro atoms. The van der Waals surface area contributed by atoms with Crippen molar-refractivity contribution in [3.05, 3.63) is 27.7 Å². The lowest BCUT2D eigenvalue weighted by atomic mass is 10.1. The van der Waals surface area contributed by atoms with Gasteiger partial charge in [-0.05, 0) is 39.0 Å². The number of anilines is 1. The van der Waals surface area contributed by atoms with E-state index in [2.05, 4.69) is 21.2 Å². The van der Waals surface area contributed by atoms with Crippen molar-refractivity contribution >= 4 is 39.3 Å². The molecule has 110 valence electrons. The van der Waals surface area contributed by atoms with Gasteiger partial charge in [-0.1, -0.05) is 27.5 Å². The second-order valence-electron chi connectivity index (χ2n) is 5.85. The zero-order valence-corrected chi connectivity index (χ0v) is 14.1. The lowest BCUT2D eigenvalue weighted by Gasteiger charge is -2.40. The van der Waals surface area contributed by atoms with Crippen molar-refractivity contribution in [2.45, 2.75) is 32.4 Å². The molecular formula is C14H18BrClN2O2. The summed E-state index contributed by atoms with van der Waals surface area (Å²) in [5.41, 5.74) is 0.415. The number of halogens is 2. The number of amides is 1. The van der Waals surface area contributed by atoms with Gasteiger partial charge in [0.2, 0.25) is 0 Å². The number of nitrogens with zero attached hydrogens (tertiary/aromatic N) is 1. The molecule has 0 aliphatic carbocycles. The van der Waals surface area contributed by atoms with Crippen LogP contribution < -0.4 is 5.32 Å². The maximum atomic E-state index is 11.8. The van der Waals surface area contributed by atoms with Gasteiger partial charge in [-0.2, -0.15) is 0 Å². The minimum Gasteiger partial charge on any atom is -0.444 e. The Hall–Kier alpha value is -0.940. The van der Waals surface area contributed by atoms with Gasteiger partial charge in [-0.25, -0.2) is 4.79 Å². The monoisotopic (exact) mass is 360 g/mol. The first kappa shape index (κ1) is 15.4. The summed E-state index contributed by atoms with van der Waals surface area (Å²) in [5, 5.41) is 3.99. The van der Waals surface area contributed by atoms with E-state index in [0.717, 1.165) is 10.2 Å². The smallest absolute Gasteiger partial charge is 0.410 e. The van der Waals surface area contributed by atoms with Gasteiger partial charge in [0, 0.05) is 17.6 Å². The molecule has 1 aliphatic rings. The van der Waals surface area contributed by atoms with Crippen LogP contribution >= 0.6 is 27.5 Å². The Morgan fingerprint density at radius 1 is 1.45 bits per heavy atom. The van der Waals surface area contributed by atoms with Crippen molar-refractivity contribution in [2.24, 2.45) is 0 Å². The van der Waals surface area contributed by atoms with Crippen molar-refractivity contribution in [1.29, 1.82) is 0 Å². The molecule has 0 saturated carbocycles. The number of carbonyl (C=O) groups excluding carboxylic acids is 1. The summed E-state index contributed by atoms with van der Waals surface area (Å²) in [6, 6.07) is 5.85. The minimum atomic E-state index is -0.455. The predicted octanol–water partition coefficient (Wildman–Crippen LogP) is 4.13. The van der Waals surface area contributed by atoms with Gasteiger partial charge in [0.15, 0.2) is 0 Å². The number of rotatable bonds is 2. The Kier molecular flexibility index (Phi) is 4.49. The molecule has 0 aromatic heterocycles. The Morgan fingerprint density at radius 3 is 2.70 bits per heavy atom. The Bertz CT molecular complexity index is 510. The third-order valence-electron chi connectivity index (χ3n) is 2.82. The zero-order valence-electron chi connectivity index (χ0n) is 11.7. The third kappa shape index (κ3) is 4.03. The van der Waals surface area contributed by atoms with Crippen LogP contribution in [-0.4, -0.2) is 35.7 Å². The largest absolute Gasteiger partial charge is 0.444 e. The van der Waals surface area contributed by atoms with E-state index in [1.807, 2.05) is 39.0 Å². The molecule has 6 heteroatoms. The average Bonchev–Trinajstić information content (AvgIpc) is 2.24. The maximum Gasteiger partial charge on any atom is 0.410 e. The molecule has 1 heterocycles. The predicted molar refractivity (Wildman–Crippen MR) is 84.4 cm³/mol. The number of benzene rings is 1. The minimum absolute atomic E-state index is 0.203. The summed E-state index contributed by atoms with van der Waals surface area (Å²) in [6.07, 6.45) is -0.268. The van der Waals surface area contributed by atoms with Crippen molar-refractivity contribution in [3.63, 3.8) is 0 Å².